The number of aromatic nitrogens is 2. The average Bonchev–Trinajstić information content (AvgIpc) is 2.69. The smallest absolute Gasteiger partial charge is 0.391 e. The van der Waals surface area contributed by atoms with Gasteiger partial charge < -0.3 is 10.3 Å². The van der Waals surface area contributed by atoms with Crippen LogP contribution in [-0.2, 0) is 6.18 Å². The van der Waals surface area contributed by atoms with Crippen LogP contribution in [0.2, 0.25) is 0 Å². The van der Waals surface area contributed by atoms with Crippen LogP contribution in [0.1, 0.15) is 5.82 Å². The Morgan fingerprint density at radius 1 is 1.33 bits per heavy atom. The van der Waals surface area contributed by atoms with Gasteiger partial charge in [0, 0.05) is 0 Å². The summed E-state index contributed by atoms with van der Waals surface area (Å²) < 4.78 is 40.8. The van der Waals surface area contributed by atoms with Gasteiger partial charge in [0.2, 0.25) is 0 Å². The quantitative estimate of drug-likeness (QED) is 0.824. The minimum atomic E-state index is -4.59. The molecule has 2 rings (SSSR count). The molecule has 80 valence electrons. The van der Waals surface area contributed by atoms with Crippen molar-refractivity contribution in [1.82, 2.24) is 10.1 Å². The summed E-state index contributed by atoms with van der Waals surface area (Å²) in [5, 5.41) is 3.30. The van der Waals surface area contributed by atoms with E-state index >= 15 is 0 Å². The lowest BCUT2D eigenvalue weighted by atomic mass is 10.4. The molecule has 0 aromatic carbocycles. The molecule has 2 aromatic rings. The lowest BCUT2D eigenvalue weighted by molar-refractivity contribution is -0.146. The molecule has 0 saturated heterocycles. The molecule has 0 aliphatic heterocycles. The molecule has 2 N–H and O–H groups in total. The molecule has 0 radical (unpaired) electrons. The normalized spacial score (nSPS) is 11.9. The number of halogens is 3. The minimum absolute atomic E-state index is 0.177. The second-order valence-corrected chi connectivity index (χ2v) is 3.74. The van der Waals surface area contributed by atoms with E-state index in [4.69, 9.17) is 5.73 Å². The summed E-state index contributed by atoms with van der Waals surface area (Å²) in [7, 11) is 0. The summed E-state index contributed by atoms with van der Waals surface area (Å²) in [6.07, 6.45) is -4.59. The van der Waals surface area contributed by atoms with Crippen LogP contribution in [-0.4, -0.2) is 10.1 Å². The second kappa shape index (κ2) is 3.23. The van der Waals surface area contributed by atoms with Crippen molar-refractivity contribution >= 4 is 16.3 Å². The summed E-state index contributed by atoms with van der Waals surface area (Å²) in [5.74, 6) is -1.46. The Morgan fingerprint density at radius 3 is 2.53 bits per heavy atom. The van der Waals surface area contributed by atoms with E-state index in [2.05, 4.69) is 14.7 Å². The van der Waals surface area contributed by atoms with Crippen LogP contribution >= 0.6 is 11.3 Å². The van der Waals surface area contributed by atoms with Crippen LogP contribution in [0.5, 0.6) is 0 Å². The molecule has 0 fully saturated rings. The molecule has 2 heterocycles. The van der Waals surface area contributed by atoms with Gasteiger partial charge in [-0.05, 0) is 12.1 Å². The van der Waals surface area contributed by atoms with E-state index in [1.807, 2.05) is 0 Å². The number of anilines is 1. The topological polar surface area (TPSA) is 64.9 Å². The molecule has 0 amide bonds. The third-order valence-electron chi connectivity index (χ3n) is 1.52. The van der Waals surface area contributed by atoms with Crippen molar-refractivity contribution in [2.45, 2.75) is 6.18 Å². The van der Waals surface area contributed by atoms with Gasteiger partial charge in [-0.15, -0.1) is 11.3 Å². The number of alkyl halides is 3. The highest BCUT2D eigenvalue weighted by molar-refractivity contribution is 7.19. The number of nitrogens with two attached hydrogens (primary N) is 1. The molecular weight excluding hydrogens is 231 g/mol. The predicted molar refractivity (Wildman–Crippen MR) is 47.0 cm³/mol. The molecule has 4 nitrogen and oxygen atoms in total. The van der Waals surface area contributed by atoms with Crippen molar-refractivity contribution in [3.05, 3.63) is 18.0 Å². The van der Waals surface area contributed by atoms with Gasteiger partial charge in [0.05, 0.1) is 9.88 Å². The average molecular weight is 235 g/mol. The zero-order chi connectivity index (χ0) is 11.1. The summed E-state index contributed by atoms with van der Waals surface area (Å²) in [5.41, 5.74) is 5.41. The van der Waals surface area contributed by atoms with Gasteiger partial charge in [-0.3, -0.25) is 0 Å². The molecule has 8 heteroatoms. The van der Waals surface area contributed by atoms with Crippen LogP contribution in [0.3, 0.4) is 0 Å². The standard InChI is InChI=1S/C7H4F3N3OS/c8-7(9,10)6-12-5(14-13-6)3-1-2-4(11)15-3/h1-2H,11H2. The maximum Gasteiger partial charge on any atom is 0.455 e. The summed E-state index contributed by atoms with van der Waals surface area (Å²) in [6, 6.07) is 3.07. The summed E-state index contributed by atoms with van der Waals surface area (Å²) in [4.78, 5) is 3.63. The highest BCUT2D eigenvalue weighted by Crippen LogP contribution is 2.32. The van der Waals surface area contributed by atoms with E-state index in [1.165, 1.54) is 6.07 Å². The number of rotatable bonds is 1. The minimum Gasteiger partial charge on any atom is -0.391 e. The summed E-state index contributed by atoms with van der Waals surface area (Å²) >= 11 is 1.08. The molecule has 0 spiro atoms. The number of hydrogen-bond donors (Lipinski definition) is 1. The molecule has 2 aromatic heterocycles. The third kappa shape index (κ3) is 1.94. The van der Waals surface area contributed by atoms with Crippen LogP contribution in [0.4, 0.5) is 18.2 Å². The zero-order valence-electron chi connectivity index (χ0n) is 7.08. The van der Waals surface area contributed by atoms with Crippen molar-refractivity contribution in [2.75, 3.05) is 5.73 Å². The van der Waals surface area contributed by atoms with Crippen molar-refractivity contribution in [3.63, 3.8) is 0 Å². The third-order valence-corrected chi connectivity index (χ3v) is 2.42. The summed E-state index contributed by atoms with van der Waals surface area (Å²) in [6.45, 7) is 0. The first-order valence-electron chi connectivity index (χ1n) is 3.73. The molecule has 0 aliphatic carbocycles. The van der Waals surface area contributed by atoms with Gasteiger partial charge in [0.15, 0.2) is 0 Å². The van der Waals surface area contributed by atoms with Crippen LogP contribution < -0.4 is 5.73 Å². The number of thiophene rings is 1. The lowest BCUT2D eigenvalue weighted by Crippen LogP contribution is -2.06. The van der Waals surface area contributed by atoms with Crippen LogP contribution in [0.25, 0.3) is 10.8 Å². The van der Waals surface area contributed by atoms with Crippen LogP contribution in [0.15, 0.2) is 16.7 Å². The number of hydrogen-bond acceptors (Lipinski definition) is 5. The first kappa shape index (κ1) is 9.97. The molecule has 0 saturated carbocycles. The largest absolute Gasteiger partial charge is 0.455 e. The van der Waals surface area contributed by atoms with E-state index in [0.717, 1.165) is 11.3 Å². The van der Waals surface area contributed by atoms with Crippen molar-refractivity contribution in [2.24, 2.45) is 0 Å². The van der Waals surface area contributed by atoms with E-state index in [0.29, 0.717) is 9.88 Å². The Hall–Kier alpha value is -1.57. The Bertz CT molecular complexity index is 476. The van der Waals surface area contributed by atoms with E-state index in [1.54, 1.807) is 6.07 Å². The number of nitrogen functional groups attached to an aromatic ring is 1. The van der Waals surface area contributed by atoms with Crippen molar-refractivity contribution in [1.29, 1.82) is 0 Å². The fraction of sp³-hybridized carbons (Fsp3) is 0.143. The van der Waals surface area contributed by atoms with Gasteiger partial charge in [-0.1, -0.05) is 5.16 Å². The van der Waals surface area contributed by atoms with Gasteiger partial charge in [0.1, 0.15) is 0 Å². The SMILES string of the molecule is Nc1ccc(-c2nc(C(F)(F)F)no2)s1. The molecule has 0 bridgehead atoms. The van der Waals surface area contributed by atoms with Gasteiger partial charge in [-0.2, -0.15) is 18.2 Å². The number of nitrogens with zero attached hydrogens (tertiary/aromatic N) is 2. The fourth-order valence-corrected chi connectivity index (χ4v) is 1.60. The highest BCUT2D eigenvalue weighted by atomic mass is 32.1. The molecule has 0 atom stereocenters. The van der Waals surface area contributed by atoms with E-state index < -0.39 is 12.0 Å². The fourth-order valence-electron chi connectivity index (χ4n) is 0.906. The maximum atomic E-state index is 12.1. The molecule has 15 heavy (non-hydrogen) atoms. The van der Waals surface area contributed by atoms with Crippen LogP contribution in [0, 0.1) is 0 Å². The monoisotopic (exact) mass is 235 g/mol. The van der Waals surface area contributed by atoms with Crippen molar-refractivity contribution in [3.8, 4) is 10.8 Å². The first-order chi connectivity index (χ1) is 6.97. The van der Waals surface area contributed by atoms with Gasteiger partial charge >= 0.3 is 6.18 Å². The highest BCUT2D eigenvalue weighted by Gasteiger charge is 2.37. The Balaban J connectivity index is 2.36. The molecular formula is C7H4F3N3OS. The lowest BCUT2D eigenvalue weighted by Gasteiger charge is -1.95. The first-order valence-corrected chi connectivity index (χ1v) is 4.55. The molecule has 0 unspecified atom stereocenters. The predicted octanol–water partition coefficient (Wildman–Crippen LogP) is 2.40. The second-order valence-electron chi connectivity index (χ2n) is 2.62. The molecule has 0 aliphatic rings. The Kier molecular flexibility index (Phi) is 2.14. The Labute approximate surface area is 85.5 Å². The van der Waals surface area contributed by atoms with E-state index in [9.17, 15) is 13.2 Å². The van der Waals surface area contributed by atoms with Gasteiger partial charge in [-0.25, -0.2) is 0 Å². The van der Waals surface area contributed by atoms with E-state index in [-0.39, 0.29) is 5.89 Å². The Morgan fingerprint density at radius 2 is 2.07 bits per heavy atom. The van der Waals surface area contributed by atoms with Crippen molar-refractivity contribution < 1.29 is 17.7 Å². The zero-order valence-corrected chi connectivity index (χ0v) is 7.89. The maximum absolute atomic E-state index is 12.1. The van der Waals surface area contributed by atoms with Gasteiger partial charge in [0.25, 0.3) is 11.7 Å².